The molecule has 0 aliphatic carbocycles. The van der Waals surface area contributed by atoms with Crippen LogP contribution in [0.1, 0.15) is 50.2 Å². The number of likely N-dealkylation sites (tertiary alicyclic amines) is 1. The highest BCUT2D eigenvalue weighted by Gasteiger charge is 2.16. The second-order valence-electron chi connectivity index (χ2n) is 5.65. The number of fused-ring (bicyclic) bond motifs is 1. The van der Waals surface area contributed by atoms with Crippen molar-refractivity contribution in [3.05, 3.63) is 11.6 Å². The van der Waals surface area contributed by atoms with E-state index in [2.05, 4.69) is 19.7 Å². The van der Waals surface area contributed by atoms with Gasteiger partial charge in [-0.05, 0) is 38.8 Å². The number of piperidine rings is 1. The average Bonchev–Trinajstić information content (AvgIpc) is 2.65. The van der Waals surface area contributed by atoms with Gasteiger partial charge in [-0.2, -0.15) is 0 Å². The lowest BCUT2D eigenvalue weighted by molar-refractivity contribution is 0.229. The number of hydrogen-bond acceptors (Lipinski definition) is 3. The maximum atomic E-state index is 4.41. The van der Waals surface area contributed by atoms with Gasteiger partial charge in [-0.15, -0.1) is 22.6 Å². The van der Waals surface area contributed by atoms with Gasteiger partial charge in [-0.25, -0.2) is 0 Å². The van der Waals surface area contributed by atoms with Gasteiger partial charge in [0.25, 0.3) is 0 Å². The molecule has 0 spiro atoms. The summed E-state index contributed by atoms with van der Waals surface area (Å²) in [5.41, 5.74) is 0. The van der Waals surface area contributed by atoms with Crippen LogP contribution in [0.4, 0.5) is 0 Å². The molecule has 0 N–H and O–H groups in total. The van der Waals surface area contributed by atoms with E-state index in [0.29, 0.717) is 0 Å². The minimum Gasteiger partial charge on any atom is -0.315 e. The average molecular weight is 285 g/mol. The van der Waals surface area contributed by atoms with E-state index in [-0.39, 0.29) is 12.4 Å². The van der Waals surface area contributed by atoms with Crippen LogP contribution >= 0.6 is 12.4 Å². The Hall–Kier alpha value is -0.610. The van der Waals surface area contributed by atoms with Crippen molar-refractivity contribution in [1.82, 2.24) is 19.7 Å². The summed E-state index contributed by atoms with van der Waals surface area (Å²) in [5.74, 6) is 2.44. The lowest BCUT2D eigenvalue weighted by Crippen LogP contribution is -2.32. The molecule has 3 rings (SSSR count). The van der Waals surface area contributed by atoms with Crippen LogP contribution in [-0.4, -0.2) is 39.3 Å². The van der Waals surface area contributed by atoms with E-state index < -0.39 is 0 Å². The fourth-order valence-corrected chi connectivity index (χ4v) is 3.17. The second kappa shape index (κ2) is 7.25. The Labute approximate surface area is 122 Å². The summed E-state index contributed by atoms with van der Waals surface area (Å²) < 4.78 is 2.39. The summed E-state index contributed by atoms with van der Waals surface area (Å²) in [6.45, 7) is 4.86. The molecule has 0 unspecified atom stereocenters. The summed E-state index contributed by atoms with van der Waals surface area (Å²) in [7, 11) is 0. The Kier molecular flexibility index (Phi) is 5.64. The molecule has 2 aliphatic rings. The molecule has 0 amide bonds. The third-order valence-corrected chi connectivity index (χ3v) is 4.29. The second-order valence-corrected chi connectivity index (χ2v) is 5.65. The number of nitrogens with zero attached hydrogens (tertiary/aromatic N) is 4. The van der Waals surface area contributed by atoms with E-state index in [1.165, 1.54) is 63.3 Å². The van der Waals surface area contributed by atoms with Gasteiger partial charge < -0.3 is 9.47 Å². The van der Waals surface area contributed by atoms with Crippen LogP contribution in [0.2, 0.25) is 0 Å². The van der Waals surface area contributed by atoms with Crippen molar-refractivity contribution in [2.24, 2.45) is 0 Å². The van der Waals surface area contributed by atoms with E-state index in [4.69, 9.17) is 0 Å². The van der Waals surface area contributed by atoms with Gasteiger partial charge in [0.2, 0.25) is 0 Å². The smallest absolute Gasteiger partial charge is 0.134 e. The maximum absolute atomic E-state index is 4.41. The standard InChI is InChI=1S/C14H24N4.ClH/c1-3-7-13-15-16-14(18(13)11-6-1)8-12-17-9-4-2-5-10-17;/h1-12H2;1H. The summed E-state index contributed by atoms with van der Waals surface area (Å²) in [4.78, 5) is 2.59. The Morgan fingerprint density at radius 2 is 1.58 bits per heavy atom. The minimum atomic E-state index is 0. The van der Waals surface area contributed by atoms with E-state index >= 15 is 0 Å². The van der Waals surface area contributed by atoms with Crippen LogP contribution in [0.3, 0.4) is 0 Å². The molecule has 0 radical (unpaired) electrons. The SMILES string of the molecule is C1CCN(CCc2nnc3n2CCCCC3)CC1.Cl. The fourth-order valence-electron chi connectivity index (χ4n) is 3.17. The van der Waals surface area contributed by atoms with Crippen LogP contribution < -0.4 is 0 Å². The monoisotopic (exact) mass is 284 g/mol. The number of aromatic nitrogens is 3. The largest absolute Gasteiger partial charge is 0.315 e. The summed E-state index contributed by atoms with van der Waals surface area (Å²) in [5, 5.41) is 8.79. The molecule has 1 saturated heterocycles. The zero-order valence-electron chi connectivity index (χ0n) is 11.7. The van der Waals surface area contributed by atoms with Crippen molar-refractivity contribution < 1.29 is 0 Å². The summed E-state index contributed by atoms with van der Waals surface area (Å²) in [6, 6.07) is 0. The summed E-state index contributed by atoms with van der Waals surface area (Å²) in [6.07, 6.45) is 10.3. The van der Waals surface area contributed by atoms with Crippen molar-refractivity contribution in [1.29, 1.82) is 0 Å². The Bertz CT molecular complexity index is 385. The first kappa shape index (κ1) is 14.8. The minimum absolute atomic E-state index is 0. The van der Waals surface area contributed by atoms with Crippen LogP contribution in [0, 0.1) is 0 Å². The van der Waals surface area contributed by atoms with Gasteiger partial charge in [0.1, 0.15) is 11.6 Å². The topological polar surface area (TPSA) is 34.0 Å². The molecule has 108 valence electrons. The van der Waals surface area contributed by atoms with Gasteiger partial charge >= 0.3 is 0 Å². The molecule has 1 aromatic rings. The molecule has 1 fully saturated rings. The number of aryl methyl sites for hydroxylation is 1. The van der Waals surface area contributed by atoms with Crippen LogP contribution in [-0.2, 0) is 19.4 Å². The molecule has 0 bridgehead atoms. The quantitative estimate of drug-likeness (QED) is 0.855. The fraction of sp³-hybridized carbons (Fsp3) is 0.857. The molecule has 0 atom stereocenters. The lowest BCUT2D eigenvalue weighted by Gasteiger charge is -2.26. The molecular formula is C14H25ClN4. The molecule has 4 nitrogen and oxygen atoms in total. The number of halogens is 1. The van der Waals surface area contributed by atoms with Crippen molar-refractivity contribution in [2.45, 2.75) is 57.9 Å². The Morgan fingerprint density at radius 1 is 0.842 bits per heavy atom. The number of rotatable bonds is 3. The molecular weight excluding hydrogens is 260 g/mol. The predicted molar refractivity (Wildman–Crippen MR) is 78.8 cm³/mol. The molecule has 0 saturated carbocycles. The highest BCUT2D eigenvalue weighted by Crippen LogP contribution is 2.15. The highest BCUT2D eigenvalue weighted by molar-refractivity contribution is 5.85. The van der Waals surface area contributed by atoms with E-state index in [9.17, 15) is 0 Å². The normalized spacial score (nSPS) is 20.4. The van der Waals surface area contributed by atoms with Crippen LogP contribution in [0.25, 0.3) is 0 Å². The molecule has 3 heterocycles. The first-order valence-corrected chi connectivity index (χ1v) is 7.57. The van der Waals surface area contributed by atoms with Gasteiger partial charge in [-0.3, -0.25) is 0 Å². The zero-order valence-corrected chi connectivity index (χ0v) is 12.5. The maximum Gasteiger partial charge on any atom is 0.134 e. The van der Waals surface area contributed by atoms with Crippen molar-refractivity contribution >= 4 is 12.4 Å². The first-order chi connectivity index (χ1) is 8.93. The lowest BCUT2D eigenvalue weighted by atomic mass is 10.1. The molecule has 19 heavy (non-hydrogen) atoms. The Balaban J connectivity index is 0.00000133. The molecule has 2 aliphatic heterocycles. The van der Waals surface area contributed by atoms with Crippen molar-refractivity contribution in [3.63, 3.8) is 0 Å². The summed E-state index contributed by atoms with van der Waals surface area (Å²) >= 11 is 0. The van der Waals surface area contributed by atoms with Crippen molar-refractivity contribution in [2.75, 3.05) is 19.6 Å². The van der Waals surface area contributed by atoms with Crippen LogP contribution in [0.5, 0.6) is 0 Å². The van der Waals surface area contributed by atoms with E-state index in [1.807, 2.05) is 0 Å². The molecule has 0 aromatic carbocycles. The van der Waals surface area contributed by atoms with Crippen molar-refractivity contribution in [3.8, 4) is 0 Å². The first-order valence-electron chi connectivity index (χ1n) is 7.57. The van der Waals surface area contributed by atoms with Gasteiger partial charge in [0.15, 0.2) is 0 Å². The third kappa shape index (κ3) is 3.69. The number of hydrogen-bond donors (Lipinski definition) is 0. The Morgan fingerprint density at radius 3 is 2.42 bits per heavy atom. The molecule has 5 heteroatoms. The third-order valence-electron chi connectivity index (χ3n) is 4.29. The highest BCUT2D eigenvalue weighted by atomic mass is 35.5. The predicted octanol–water partition coefficient (Wildman–Crippen LogP) is 2.45. The van der Waals surface area contributed by atoms with Gasteiger partial charge in [0.05, 0.1) is 0 Å². The van der Waals surface area contributed by atoms with Gasteiger partial charge in [0, 0.05) is 25.9 Å². The molecule has 1 aromatic heterocycles. The van der Waals surface area contributed by atoms with E-state index in [0.717, 1.165) is 25.9 Å². The van der Waals surface area contributed by atoms with E-state index in [1.54, 1.807) is 0 Å². The van der Waals surface area contributed by atoms with Crippen LogP contribution in [0.15, 0.2) is 0 Å². The van der Waals surface area contributed by atoms with Gasteiger partial charge in [-0.1, -0.05) is 12.8 Å². The zero-order chi connectivity index (χ0) is 12.2.